The maximum absolute atomic E-state index is 13.1. The Morgan fingerprint density at radius 2 is 1.89 bits per heavy atom. The maximum atomic E-state index is 13.1. The highest BCUT2D eigenvalue weighted by Gasteiger charge is 2.39. The molecule has 1 unspecified atom stereocenters. The van der Waals surface area contributed by atoms with E-state index in [0.29, 0.717) is 24.3 Å². The summed E-state index contributed by atoms with van der Waals surface area (Å²) in [6, 6.07) is 13.9. The third-order valence-electron chi connectivity index (χ3n) is 7.40. The van der Waals surface area contributed by atoms with Gasteiger partial charge in [0.25, 0.3) is 11.8 Å². The number of hydrogen-bond donors (Lipinski definition) is 2. The second-order valence-corrected chi connectivity index (χ2v) is 9.92. The molecule has 2 fully saturated rings. The number of carbonyl (C=O) groups excluding carboxylic acids is 4. The summed E-state index contributed by atoms with van der Waals surface area (Å²) in [4.78, 5) is 53.0. The Morgan fingerprint density at radius 3 is 2.68 bits per heavy atom. The molecule has 3 atom stereocenters. The summed E-state index contributed by atoms with van der Waals surface area (Å²) in [7, 11) is 0. The largest absolute Gasteiger partial charge is 0.491 e. The van der Waals surface area contributed by atoms with Crippen molar-refractivity contribution in [1.82, 2.24) is 15.1 Å². The van der Waals surface area contributed by atoms with Crippen molar-refractivity contribution in [2.75, 3.05) is 13.2 Å². The molecular weight excluding hydrogens is 474 g/mol. The third-order valence-corrected chi connectivity index (χ3v) is 7.40. The number of nitrogens with zero attached hydrogens (tertiary/aromatic N) is 2. The first-order valence-corrected chi connectivity index (χ1v) is 12.8. The first kappa shape index (κ1) is 25.0. The van der Waals surface area contributed by atoms with E-state index in [1.807, 2.05) is 30.3 Å². The van der Waals surface area contributed by atoms with Gasteiger partial charge in [-0.05, 0) is 55.0 Å². The van der Waals surface area contributed by atoms with Crippen LogP contribution in [0.5, 0.6) is 5.75 Å². The molecule has 0 aliphatic carbocycles. The zero-order chi connectivity index (χ0) is 25.9. The molecule has 0 radical (unpaired) electrons. The van der Waals surface area contributed by atoms with Gasteiger partial charge in [0.05, 0.1) is 6.04 Å². The Kier molecular flexibility index (Phi) is 7.23. The second kappa shape index (κ2) is 10.7. The molecule has 0 spiro atoms. The van der Waals surface area contributed by atoms with Crippen LogP contribution < -0.4 is 10.1 Å². The number of imide groups is 1. The number of aliphatic hydroxyl groups is 1. The number of carbonyl (C=O) groups is 4. The van der Waals surface area contributed by atoms with E-state index in [-0.39, 0.29) is 49.8 Å². The van der Waals surface area contributed by atoms with E-state index < -0.39 is 18.1 Å². The van der Waals surface area contributed by atoms with Crippen molar-refractivity contribution >= 4 is 23.6 Å². The van der Waals surface area contributed by atoms with Crippen molar-refractivity contribution in [3.8, 4) is 5.75 Å². The van der Waals surface area contributed by atoms with Crippen LogP contribution in [0.25, 0.3) is 0 Å². The van der Waals surface area contributed by atoms with E-state index in [1.165, 1.54) is 4.90 Å². The number of nitrogens with one attached hydrogen (secondary N) is 1. The third kappa shape index (κ3) is 5.36. The monoisotopic (exact) mass is 505 g/mol. The zero-order valence-corrected chi connectivity index (χ0v) is 20.6. The van der Waals surface area contributed by atoms with Crippen LogP contribution in [0.2, 0.25) is 0 Å². The van der Waals surface area contributed by atoms with Gasteiger partial charge in [0, 0.05) is 31.5 Å². The molecule has 3 heterocycles. The lowest BCUT2D eigenvalue weighted by Crippen LogP contribution is -2.52. The van der Waals surface area contributed by atoms with Crippen molar-refractivity contribution in [2.24, 2.45) is 0 Å². The lowest BCUT2D eigenvalue weighted by Gasteiger charge is -2.36. The molecule has 5 rings (SSSR count). The number of amides is 4. The van der Waals surface area contributed by atoms with Crippen LogP contribution in [0.3, 0.4) is 0 Å². The quantitative estimate of drug-likeness (QED) is 0.555. The number of likely N-dealkylation sites (tertiary alicyclic amines) is 1. The number of rotatable bonds is 7. The molecule has 2 aromatic rings. The topological polar surface area (TPSA) is 116 Å². The standard InChI is InChI=1S/C28H31N3O6/c32-24(14-18-6-2-1-3-7-18)28(36)30-13-5-4-8-20(30)17-37-21-9-10-22-19(15-21)16-31(27(22)35)23-11-12-25(33)29-26(23)34/h1-3,6-7,9-10,15,20,23-24,32H,4-5,8,11-14,16-17H2,(H,29,33,34)/t20-,23?,24+/m1/s1. The highest BCUT2D eigenvalue weighted by Crippen LogP contribution is 2.30. The number of hydrogen-bond acceptors (Lipinski definition) is 6. The Hall–Kier alpha value is -3.72. The molecule has 194 valence electrons. The van der Waals surface area contributed by atoms with Crippen molar-refractivity contribution < 1.29 is 29.0 Å². The molecule has 9 nitrogen and oxygen atoms in total. The highest BCUT2D eigenvalue weighted by atomic mass is 16.5. The molecule has 0 saturated carbocycles. The number of fused-ring (bicyclic) bond motifs is 1. The Balaban J connectivity index is 1.21. The van der Waals surface area contributed by atoms with E-state index in [2.05, 4.69) is 5.32 Å². The van der Waals surface area contributed by atoms with E-state index >= 15 is 0 Å². The normalized spacial score (nSPS) is 22.5. The molecular formula is C28H31N3O6. The fraction of sp³-hybridized carbons (Fsp3) is 0.429. The zero-order valence-electron chi connectivity index (χ0n) is 20.6. The van der Waals surface area contributed by atoms with Gasteiger partial charge >= 0.3 is 0 Å². The molecule has 2 N–H and O–H groups in total. The second-order valence-electron chi connectivity index (χ2n) is 9.92. The average Bonchev–Trinajstić information content (AvgIpc) is 3.23. The van der Waals surface area contributed by atoms with Gasteiger partial charge in [-0.2, -0.15) is 0 Å². The van der Waals surface area contributed by atoms with Gasteiger partial charge in [-0.1, -0.05) is 30.3 Å². The molecule has 4 amide bonds. The summed E-state index contributed by atoms with van der Waals surface area (Å²) in [5.41, 5.74) is 2.20. The van der Waals surface area contributed by atoms with Crippen LogP contribution in [0.1, 0.15) is 53.6 Å². The molecule has 37 heavy (non-hydrogen) atoms. The van der Waals surface area contributed by atoms with E-state index in [0.717, 1.165) is 30.4 Å². The Morgan fingerprint density at radius 1 is 1.08 bits per heavy atom. The van der Waals surface area contributed by atoms with Gasteiger partial charge in [0.1, 0.15) is 24.5 Å². The summed E-state index contributed by atoms with van der Waals surface area (Å²) in [5.74, 6) is -0.683. The first-order valence-electron chi connectivity index (χ1n) is 12.8. The summed E-state index contributed by atoms with van der Waals surface area (Å²) >= 11 is 0. The first-order chi connectivity index (χ1) is 17.9. The van der Waals surface area contributed by atoms with Crippen LogP contribution in [0.15, 0.2) is 48.5 Å². The smallest absolute Gasteiger partial charge is 0.255 e. The summed E-state index contributed by atoms with van der Waals surface area (Å²) in [6.45, 7) is 1.14. The molecule has 0 aromatic heterocycles. The minimum atomic E-state index is -1.10. The van der Waals surface area contributed by atoms with Crippen molar-refractivity contribution in [2.45, 2.75) is 63.3 Å². The van der Waals surface area contributed by atoms with Crippen LogP contribution in [-0.2, 0) is 27.3 Å². The minimum Gasteiger partial charge on any atom is -0.491 e. The minimum absolute atomic E-state index is 0.151. The van der Waals surface area contributed by atoms with Gasteiger partial charge in [0.2, 0.25) is 11.8 Å². The predicted octanol–water partition coefficient (Wildman–Crippen LogP) is 1.81. The van der Waals surface area contributed by atoms with Crippen LogP contribution in [0.4, 0.5) is 0 Å². The summed E-state index contributed by atoms with van der Waals surface area (Å²) < 4.78 is 6.07. The molecule has 0 bridgehead atoms. The maximum Gasteiger partial charge on any atom is 0.255 e. The lowest BCUT2D eigenvalue weighted by atomic mass is 10.00. The average molecular weight is 506 g/mol. The lowest BCUT2D eigenvalue weighted by molar-refractivity contribution is -0.144. The van der Waals surface area contributed by atoms with E-state index in [1.54, 1.807) is 23.1 Å². The Labute approximate surface area is 215 Å². The Bertz CT molecular complexity index is 1200. The van der Waals surface area contributed by atoms with Gasteiger partial charge in [-0.15, -0.1) is 0 Å². The predicted molar refractivity (Wildman–Crippen MR) is 133 cm³/mol. The highest BCUT2D eigenvalue weighted by molar-refractivity contribution is 6.05. The number of aliphatic hydroxyl groups excluding tert-OH is 1. The summed E-state index contributed by atoms with van der Waals surface area (Å²) in [5, 5.41) is 12.9. The number of benzene rings is 2. The van der Waals surface area contributed by atoms with Crippen molar-refractivity contribution in [3.05, 3.63) is 65.2 Å². The van der Waals surface area contributed by atoms with Crippen molar-refractivity contribution in [1.29, 1.82) is 0 Å². The van der Waals surface area contributed by atoms with E-state index in [9.17, 15) is 24.3 Å². The molecule has 9 heteroatoms. The summed E-state index contributed by atoms with van der Waals surface area (Å²) in [6.07, 6.45) is 2.34. The fourth-order valence-electron chi connectivity index (χ4n) is 5.41. The SMILES string of the molecule is O=C1CCC(N2Cc3cc(OC[C@H]4CCCCN4C(=O)[C@@H](O)Cc4ccccc4)ccc3C2=O)C(=O)N1. The van der Waals surface area contributed by atoms with Gasteiger partial charge in [-0.3, -0.25) is 24.5 Å². The molecule has 2 saturated heterocycles. The van der Waals surface area contributed by atoms with Crippen molar-refractivity contribution in [3.63, 3.8) is 0 Å². The molecule has 2 aromatic carbocycles. The van der Waals surface area contributed by atoms with E-state index in [4.69, 9.17) is 4.74 Å². The van der Waals surface area contributed by atoms with Crippen LogP contribution in [0, 0.1) is 0 Å². The van der Waals surface area contributed by atoms with Crippen LogP contribution in [-0.4, -0.2) is 69.9 Å². The number of ether oxygens (including phenoxy) is 1. The van der Waals surface area contributed by atoms with Crippen LogP contribution >= 0.6 is 0 Å². The number of piperidine rings is 2. The fourth-order valence-corrected chi connectivity index (χ4v) is 5.41. The van der Waals surface area contributed by atoms with Gasteiger partial charge < -0.3 is 19.6 Å². The van der Waals surface area contributed by atoms with Gasteiger partial charge in [-0.25, -0.2) is 0 Å². The van der Waals surface area contributed by atoms with Gasteiger partial charge in [0.15, 0.2) is 0 Å². The molecule has 3 aliphatic rings. The molecule has 3 aliphatic heterocycles.